The number of benzene rings is 1. The molecular weight excluding hydrogens is 521 g/mol. The molecule has 11 heteroatoms. The van der Waals surface area contributed by atoms with Crippen LogP contribution in [0.2, 0.25) is 5.02 Å². The molecule has 5 rings (SSSR count). The Bertz CT molecular complexity index is 1460. The maximum absolute atomic E-state index is 14.3. The molecule has 0 aliphatic carbocycles. The number of nitrogens with zero attached hydrogens (tertiary/aromatic N) is 6. The van der Waals surface area contributed by atoms with Crippen LogP contribution in [0.4, 0.5) is 20.7 Å². The second kappa shape index (κ2) is 10.7. The van der Waals surface area contributed by atoms with E-state index in [4.69, 9.17) is 26.3 Å². The lowest BCUT2D eigenvalue weighted by molar-refractivity contribution is 0.0240. The Morgan fingerprint density at radius 3 is 2.56 bits per heavy atom. The van der Waals surface area contributed by atoms with E-state index in [-0.39, 0.29) is 11.9 Å². The Morgan fingerprint density at radius 1 is 1.10 bits per heavy atom. The van der Waals surface area contributed by atoms with Gasteiger partial charge in [-0.3, -0.25) is 4.98 Å². The first-order valence-electron chi connectivity index (χ1n) is 12.8. The maximum atomic E-state index is 14.3. The summed E-state index contributed by atoms with van der Waals surface area (Å²) in [4.78, 5) is 32.3. The van der Waals surface area contributed by atoms with Gasteiger partial charge >= 0.3 is 6.09 Å². The minimum absolute atomic E-state index is 0.325. The number of rotatable bonds is 4. The highest BCUT2D eigenvalue weighted by Crippen LogP contribution is 2.33. The lowest BCUT2D eigenvalue weighted by Gasteiger charge is -2.36. The van der Waals surface area contributed by atoms with E-state index in [0.717, 1.165) is 11.4 Å². The van der Waals surface area contributed by atoms with Crippen molar-refractivity contribution in [3.8, 4) is 0 Å². The first-order valence-corrected chi connectivity index (χ1v) is 13.2. The SMILES string of the molecule is CN1CC=C(c2nc(N3CCN(C(=O)OC(C)(C)C)CC3)c3c(Cl)cncc3n2)C=C1Nc1ccccc1F. The number of pyridine rings is 1. The third kappa shape index (κ3) is 5.90. The summed E-state index contributed by atoms with van der Waals surface area (Å²) in [5.41, 5.74) is 1.24. The van der Waals surface area contributed by atoms with Crippen LogP contribution in [0.3, 0.4) is 0 Å². The van der Waals surface area contributed by atoms with Crippen LogP contribution in [-0.2, 0) is 4.74 Å². The van der Waals surface area contributed by atoms with Crippen molar-refractivity contribution in [2.45, 2.75) is 26.4 Å². The molecule has 1 saturated heterocycles. The van der Waals surface area contributed by atoms with E-state index < -0.39 is 5.60 Å². The summed E-state index contributed by atoms with van der Waals surface area (Å²) >= 11 is 6.59. The van der Waals surface area contributed by atoms with Crippen molar-refractivity contribution in [3.05, 3.63) is 71.3 Å². The van der Waals surface area contributed by atoms with Crippen LogP contribution >= 0.6 is 11.6 Å². The van der Waals surface area contributed by atoms with Crippen LogP contribution in [0, 0.1) is 5.82 Å². The molecule has 204 valence electrons. The Morgan fingerprint density at radius 2 is 1.85 bits per heavy atom. The van der Waals surface area contributed by atoms with Crippen molar-refractivity contribution >= 4 is 45.7 Å². The molecule has 2 aliphatic heterocycles. The first-order chi connectivity index (χ1) is 18.6. The van der Waals surface area contributed by atoms with E-state index in [9.17, 15) is 9.18 Å². The van der Waals surface area contributed by atoms with Gasteiger partial charge in [0.25, 0.3) is 0 Å². The Kier molecular flexibility index (Phi) is 7.31. The normalized spacial score (nSPS) is 16.2. The van der Waals surface area contributed by atoms with Crippen molar-refractivity contribution < 1.29 is 13.9 Å². The summed E-state index contributed by atoms with van der Waals surface area (Å²) in [5.74, 6) is 1.58. The maximum Gasteiger partial charge on any atom is 0.410 e. The molecule has 3 aromatic rings. The van der Waals surface area contributed by atoms with Crippen molar-refractivity contribution in [1.82, 2.24) is 24.8 Å². The molecule has 2 aliphatic rings. The van der Waals surface area contributed by atoms with Gasteiger partial charge in [-0.2, -0.15) is 0 Å². The lowest BCUT2D eigenvalue weighted by atomic mass is 10.1. The van der Waals surface area contributed by atoms with Crippen molar-refractivity contribution in [2.75, 3.05) is 50.0 Å². The summed E-state index contributed by atoms with van der Waals surface area (Å²) in [5, 5.41) is 4.35. The highest BCUT2D eigenvalue weighted by molar-refractivity contribution is 6.36. The average Bonchev–Trinajstić information content (AvgIpc) is 2.90. The predicted octanol–water partition coefficient (Wildman–Crippen LogP) is 5.16. The molecule has 0 bridgehead atoms. The monoisotopic (exact) mass is 551 g/mol. The number of halogens is 2. The summed E-state index contributed by atoms with van der Waals surface area (Å²) in [6, 6.07) is 6.54. The molecule has 0 radical (unpaired) electrons. The fraction of sp³-hybridized carbons (Fsp3) is 0.357. The fourth-order valence-electron chi connectivity index (χ4n) is 4.45. The van der Waals surface area contributed by atoms with Gasteiger partial charge in [0.1, 0.15) is 23.1 Å². The number of nitrogens with one attached hydrogen (secondary N) is 1. The smallest absolute Gasteiger partial charge is 0.410 e. The first kappa shape index (κ1) is 26.7. The fourth-order valence-corrected chi connectivity index (χ4v) is 4.69. The standard InChI is InChI=1S/C28H31ClFN7O2/c1-28(2,3)39-27(38)37-13-11-36(12-14-37)26-24-19(29)16-31-17-22(24)33-25(34-26)18-9-10-35(4)23(15-18)32-21-8-6-5-7-20(21)30/h5-9,15-17,32H,10-14H2,1-4H3. The number of hydrogen-bond acceptors (Lipinski definition) is 8. The number of aromatic nitrogens is 3. The quantitative estimate of drug-likeness (QED) is 0.476. The van der Waals surface area contributed by atoms with Gasteiger partial charge < -0.3 is 24.8 Å². The molecule has 4 heterocycles. The van der Waals surface area contributed by atoms with Crippen LogP contribution in [0.1, 0.15) is 26.6 Å². The second-order valence-corrected chi connectivity index (χ2v) is 10.9. The number of piperazine rings is 1. The molecule has 0 spiro atoms. The number of carbonyl (C=O) groups excluding carboxylic acids is 1. The molecule has 0 atom stereocenters. The number of likely N-dealkylation sites (N-methyl/N-ethyl adjacent to an activating group) is 1. The Labute approximate surface area is 231 Å². The molecule has 0 saturated carbocycles. The zero-order chi connectivity index (χ0) is 27.7. The van der Waals surface area contributed by atoms with E-state index in [1.807, 2.05) is 44.9 Å². The van der Waals surface area contributed by atoms with Crippen molar-refractivity contribution in [3.63, 3.8) is 0 Å². The number of ether oxygens (including phenoxy) is 1. The average molecular weight is 552 g/mol. The molecule has 2 aromatic heterocycles. The Balaban J connectivity index is 1.45. The van der Waals surface area contributed by atoms with Gasteiger partial charge in [0.2, 0.25) is 0 Å². The third-order valence-corrected chi connectivity index (χ3v) is 6.74. The number of fused-ring (bicyclic) bond motifs is 1. The third-order valence-electron chi connectivity index (χ3n) is 6.46. The number of carbonyl (C=O) groups is 1. The minimum Gasteiger partial charge on any atom is -0.444 e. The molecule has 1 fully saturated rings. The molecular formula is C28H31ClFN7O2. The number of para-hydroxylation sites is 1. The van der Waals surface area contributed by atoms with Gasteiger partial charge in [-0.15, -0.1) is 0 Å². The van der Waals surface area contributed by atoms with E-state index in [1.165, 1.54) is 6.07 Å². The van der Waals surface area contributed by atoms with Crippen LogP contribution in [0.5, 0.6) is 0 Å². The molecule has 1 N–H and O–H groups in total. The Hall–Kier alpha value is -3.92. The molecule has 1 amide bonds. The summed E-state index contributed by atoms with van der Waals surface area (Å²) in [6.45, 7) is 8.24. The molecule has 39 heavy (non-hydrogen) atoms. The van der Waals surface area contributed by atoms with Crippen LogP contribution in [-0.4, -0.2) is 76.2 Å². The summed E-state index contributed by atoms with van der Waals surface area (Å²) < 4.78 is 19.9. The lowest BCUT2D eigenvalue weighted by Crippen LogP contribution is -2.50. The number of allylic oxidation sites excluding steroid dienone is 2. The molecule has 0 unspecified atom stereocenters. The van der Waals surface area contributed by atoms with Gasteiger partial charge in [0.15, 0.2) is 5.82 Å². The topological polar surface area (TPSA) is 86.7 Å². The number of amides is 1. The number of hydrogen-bond donors (Lipinski definition) is 1. The van der Waals surface area contributed by atoms with Gasteiger partial charge in [0.05, 0.1) is 27.8 Å². The summed E-state index contributed by atoms with van der Waals surface area (Å²) in [6.07, 6.45) is 6.85. The highest BCUT2D eigenvalue weighted by atomic mass is 35.5. The van der Waals surface area contributed by atoms with Crippen LogP contribution < -0.4 is 10.2 Å². The van der Waals surface area contributed by atoms with Gasteiger partial charge in [0, 0.05) is 51.5 Å². The summed E-state index contributed by atoms with van der Waals surface area (Å²) in [7, 11) is 1.92. The zero-order valence-corrected chi connectivity index (χ0v) is 23.2. The highest BCUT2D eigenvalue weighted by Gasteiger charge is 2.28. The number of anilines is 2. The predicted molar refractivity (Wildman–Crippen MR) is 151 cm³/mol. The van der Waals surface area contributed by atoms with Gasteiger partial charge in [-0.05, 0) is 39.0 Å². The van der Waals surface area contributed by atoms with Gasteiger partial charge in [-0.1, -0.05) is 29.8 Å². The minimum atomic E-state index is -0.554. The largest absolute Gasteiger partial charge is 0.444 e. The van der Waals surface area contributed by atoms with E-state index >= 15 is 0 Å². The van der Waals surface area contributed by atoms with Crippen molar-refractivity contribution in [1.29, 1.82) is 0 Å². The zero-order valence-electron chi connectivity index (χ0n) is 22.4. The van der Waals surface area contributed by atoms with Crippen LogP contribution in [0.25, 0.3) is 16.5 Å². The molecule has 9 nitrogen and oxygen atoms in total. The van der Waals surface area contributed by atoms with Crippen LogP contribution in [0.15, 0.2) is 54.6 Å². The van der Waals surface area contributed by atoms with Crippen molar-refractivity contribution in [2.24, 2.45) is 0 Å². The second-order valence-electron chi connectivity index (χ2n) is 10.5. The molecule has 1 aromatic carbocycles. The van der Waals surface area contributed by atoms with E-state index in [1.54, 1.807) is 35.5 Å². The van der Waals surface area contributed by atoms with E-state index in [0.29, 0.717) is 66.0 Å². The van der Waals surface area contributed by atoms with E-state index in [2.05, 4.69) is 15.2 Å². The van der Waals surface area contributed by atoms with Gasteiger partial charge in [-0.25, -0.2) is 19.2 Å².